The summed E-state index contributed by atoms with van der Waals surface area (Å²) in [5.41, 5.74) is 3.28. The molecule has 0 bridgehead atoms. The molecule has 0 radical (unpaired) electrons. The van der Waals surface area contributed by atoms with Crippen molar-refractivity contribution in [2.24, 2.45) is 5.92 Å². The maximum atomic E-state index is 11.9. The molecule has 0 saturated heterocycles. The second kappa shape index (κ2) is 6.15. The lowest BCUT2D eigenvalue weighted by Crippen LogP contribution is -2.37. The van der Waals surface area contributed by atoms with Gasteiger partial charge in [-0.1, -0.05) is 30.5 Å². The van der Waals surface area contributed by atoms with Gasteiger partial charge in [-0.25, -0.2) is 0 Å². The average molecular weight is 276 g/mol. The summed E-state index contributed by atoms with van der Waals surface area (Å²) in [6, 6.07) is 6.10. The molecule has 1 aromatic rings. The predicted octanol–water partition coefficient (Wildman–Crippen LogP) is 3.31. The molecule has 19 heavy (non-hydrogen) atoms. The highest BCUT2D eigenvalue weighted by Crippen LogP contribution is 2.24. The molecular formula is C15H20N2OS. The van der Waals surface area contributed by atoms with E-state index in [0.29, 0.717) is 5.11 Å². The first-order valence-electron chi connectivity index (χ1n) is 6.75. The summed E-state index contributed by atoms with van der Waals surface area (Å²) in [5.74, 6) is 0.193. The molecule has 1 aliphatic carbocycles. The van der Waals surface area contributed by atoms with Gasteiger partial charge >= 0.3 is 0 Å². The van der Waals surface area contributed by atoms with Gasteiger partial charge < -0.3 is 10.6 Å². The van der Waals surface area contributed by atoms with E-state index in [9.17, 15) is 4.79 Å². The summed E-state index contributed by atoms with van der Waals surface area (Å²) in [4.78, 5) is 11.9. The van der Waals surface area contributed by atoms with Gasteiger partial charge in [0.05, 0.1) is 0 Å². The minimum absolute atomic E-state index is 0.0553. The number of aryl methyl sites for hydroxylation is 2. The van der Waals surface area contributed by atoms with Crippen molar-refractivity contribution < 1.29 is 4.79 Å². The van der Waals surface area contributed by atoms with E-state index < -0.39 is 0 Å². The summed E-state index contributed by atoms with van der Waals surface area (Å²) in [6.45, 7) is 4.08. The van der Waals surface area contributed by atoms with Crippen LogP contribution in [0, 0.1) is 19.8 Å². The number of hydrogen-bond donors (Lipinski definition) is 2. The first-order chi connectivity index (χ1) is 9.06. The van der Waals surface area contributed by atoms with Crippen LogP contribution in [0.2, 0.25) is 0 Å². The van der Waals surface area contributed by atoms with Gasteiger partial charge in [0.25, 0.3) is 0 Å². The number of anilines is 1. The second-order valence-electron chi connectivity index (χ2n) is 5.24. The highest BCUT2D eigenvalue weighted by molar-refractivity contribution is 7.80. The molecule has 4 heteroatoms. The van der Waals surface area contributed by atoms with Gasteiger partial charge in [0.2, 0.25) is 5.91 Å². The molecule has 0 atom stereocenters. The zero-order chi connectivity index (χ0) is 13.8. The number of rotatable bonds is 2. The normalized spacial score (nSPS) is 15.3. The maximum absolute atomic E-state index is 11.9. The Morgan fingerprint density at radius 2 is 1.95 bits per heavy atom. The number of carbonyl (C=O) groups is 1. The molecule has 2 rings (SSSR count). The van der Waals surface area contributed by atoms with E-state index in [1.807, 2.05) is 19.1 Å². The van der Waals surface area contributed by atoms with Crippen LogP contribution in [-0.4, -0.2) is 11.0 Å². The van der Waals surface area contributed by atoms with Crippen LogP contribution in [0.15, 0.2) is 18.2 Å². The van der Waals surface area contributed by atoms with Crippen molar-refractivity contribution in [3.05, 3.63) is 29.3 Å². The van der Waals surface area contributed by atoms with E-state index in [4.69, 9.17) is 12.2 Å². The van der Waals surface area contributed by atoms with Gasteiger partial charge in [0, 0.05) is 11.6 Å². The fourth-order valence-electron chi connectivity index (χ4n) is 2.51. The van der Waals surface area contributed by atoms with Crippen LogP contribution in [0.1, 0.15) is 36.8 Å². The molecule has 1 saturated carbocycles. The van der Waals surface area contributed by atoms with Gasteiger partial charge in [-0.15, -0.1) is 0 Å². The summed E-state index contributed by atoms with van der Waals surface area (Å²) < 4.78 is 0. The SMILES string of the molecule is Cc1ccc(NC(=S)NC(=O)C2CCCC2)c(C)c1. The third kappa shape index (κ3) is 3.77. The molecule has 1 amide bonds. The van der Waals surface area contributed by atoms with Crippen molar-refractivity contribution >= 4 is 28.9 Å². The minimum atomic E-state index is 0.0553. The smallest absolute Gasteiger partial charge is 0.229 e. The molecule has 1 aliphatic rings. The summed E-state index contributed by atoms with van der Waals surface area (Å²) in [5, 5.41) is 6.28. The van der Waals surface area contributed by atoms with Crippen molar-refractivity contribution in [2.75, 3.05) is 5.32 Å². The van der Waals surface area contributed by atoms with Crippen molar-refractivity contribution in [1.29, 1.82) is 0 Å². The van der Waals surface area contributed by atoms with Crippen LogP contribution in [0.3, 0.4) is 0 Å². The Morgan fingerprint density at radius 3 is 2.58 bits per heavy atom. The first-order valence-corrected chi connectivity index (χ1v) is 7.16. The van der Waals surface area contributed by atoms with E-state index in [0.717, 1.165) is 36.9 Å². The lowest BCUT2D eigenvalue weighted by molar-refractivity contribution is -0.123. The van der Waals surface area contributed by atoms with Crippen LogP contribution in [0.5, 0.6) is 0 Å². The Morgan fingerprint density at radius 1 is 1.26 bits per heavy atom. The third-order valence-corrected chi connectivity index (χ3v) is 3.80. The Kier molecular flexibility index (Phi) is 4.53. The molecule has 3 nitrogen and oxygen atoms in total. The maximum Gasteiger partial charge on any atom is 0.229 e. The van der Waals surface area contributed by atoms with Gasteiger partial charge in [-0.2, -0.15) is 0 Å². The van der Waals surface area contributed by atoms with E-state index in [1.54, 1.807) is 0 Å². The van der Waals surface area contributed by atoms with Crippen LogP contribution in [-0.2, 0) is 4.79 Å². The van der Waals surface area contributed by atoms with Gasteiger partial charge in [-0.3, -0.25) is 4.79 Å². The van der Waals surface area contributed by atoms with Gasteiger partial charge in [0.1, 0.15) is 0 Å². The lowest BCUT2D eigenvalue weighted by atomic mass is 10.1. The molecule has 2 N–H and O–H groups in total. The summed E-state index contributed by atoms with van der Waals surface area (Å²) in [6.07, 6.45) is 4.26. The monoisotopic (exact) mass is 276 g/mol. The van der Waals surface area contributed by atoms with E-state index >= 15 is 0 Å². The van der Waals surface area contributed by atoms with Crippen molar-refractivity contribution in [2.45, 2.75) is 39.5 Å². The fraction of sp³-hybridized carbons (Fsp3) is 0.467. The van der Waals surface area contributed by atoms with Crippen LogP contribution >= 0.6 is 12.2 Å². The van der Waals surface area contributed by atoms with E-state index in [1.165, 1.54) is 5.56 Å². The lowest BCUT2D eigenvalue weighted by Gasteiger charge is -2.14. The zero-order valence-electron chi connectivity index (χ0n) is 11.5. The molecule has 0 unspecified atom stereocenters. The van der Waals surface area contributed by atoms with E-state index in [2.05, 4.69) is 23.6 Å². The van der Waals surface area contributed by atoms with Gasteiger partial charge in [-0.05, 0) is 50.5 Å². The summed E-state index contributed by atoms with van der Waals surface area (Å²) >= 11 is 5.20. The highest BCUT2D eigenvalue weighted by atomic mass is 32.1. The highest BCUT2D eigenvalue weighted by Gasteiger charge is 2.23. The topological polar surface area (TPSA) is 41.1 Å². The average Bonchev–Trinajstić information content (AvgIpc) is 2.86. The molecule has 1 fully saturated rings. The molecule has 1 aromatic carbocycles. The molecule has 102 valence electrons. The number of carbonyl (C=O) groups excluding carboxylic acids is 1. The fourth-order valence-corrected chi connectivity index (χ4v) is 2.72. The minimum Gasteiger partial charge on any atom is -0.332 e. The number of hydrogen-bond acceptors (Lipinski definition) is 2. The van der Waals surface area contributed by atoms with Crippen LogP contribution in [0.25, 0.3) is 0 Å². The van der Waals surface area contributed by atoms with Crippen molar-refractivity contribution in [3.8, 4) is 0 Å². The standard InChI is InChI=1S/C15H20N2OS/c1-10-7-8-13(11(2)9-10)16-15(19)17-14(18)12-5-3-4-6-12/h7-9,12H,3-6H2,1-2H3,(H2,16,17,18,19). The number of amides is 1. The van der Waals surface area contributed by atoms with Gasteiger partial charge in [0.15, 0.2) is 5.11 Å². The molecule has 0 spiro atoms. The van der Waals surface area contributed by atoms with Crippen LogP contribution < -0.4 is 10.6 Å². The molecule has 0 heterocycles. The quantitative estimate of drug-likeness (QED) is 0.814. The number of thiocarbonyl (C=S) groups is 1. The molecular weight excluding hydrogens is 256 g/mol. The van der Waals surface area contributed by atoms with Crippen molar-refractivity contribution in [1.82, 2.24) is 5.32 Å². The van der Waals surface area contributed by atoms with Crippen LogP contribution in [0.4, 0.5) is 5.69 Å². The Balaban J connectivity index is 1.91. The number of nitrogens with one attached hydrogen (secondary N) is 2. The largest absolute Gasteiger partial charge is 0.332 e. The van der Waals surface area contributed by atoms with E-state index in [-0.39, 0.29) is 11.8 Å². The summed E-state index contributed by atoms with van der Waals surface area (Å²) in [7, 11) is 0. The Labute approximate surface area is 119 Å². The predicted molar refractivity (Wildman–Crippen MR) is 82.2 cm³/mol. The Bertz CT molecular complexity index is 493. The molecule has 0 aromatic heterocycles. The third-order valence-electron chi connectivity index (χ3n) is 3.59. The molecule has 0 aliphatic heterocycles. The Hall–Kier alpha value is -1.42. The number of benzene rings is 1. The zero-order valence-corrected chi connectivity index (χ0v) is 12.3. The van der Waals surface area contributed by atoms with Crippen molar-refractivity contribution in [3.63, 3.8) is 0 Å². The first kappa shape index (κ1) is 14.0. The second-order valence-corrected chi connectivity index (χ2v) is 5.65.